The molecule has 7 heteroatoms. The summed E-state index contributed by atoms with van der Waals surface area (Å²) in [6, 6.07) is 7.50. The van der Waals surface area contributed by atoms with E-state index in [9.17, 15) is 4.79 Å². The molecule has 3 aromatic heterocycles. The van der Waals surface area contributed by atoms with Gasteiger partial charge in [0.05, 0.1) is 5.69 Å². The summed E-state index contributed by atoms with van der Waals surface area (Å²) in [6.07, 6.45) is 0.963. The Labute approximate surface area is 175 Å². The summed E-state index contributed by atoms with van der Waals surface area (Å²) in [4.78, 5) is 21.8. The van der Waals surface area contributed by atoms with Crippen LogP contribution >= 0.6 is 0 Å². The molecule has 1 N–H and O–H groups in total. The van der Waals surface area contributed by atoms with Gasteiger partial charge < -0.3 is 9.73 Å². The van der Waals surface area contributed by atoms with Crippen molar-refractivity contribution in [3.05, 3.63) is 52.8 Å². The van der Waals surface area contributed by atoms with E-state index in [4.69, 9.17) is 4.42 Å². The van der Waals surface area contributed by atoms with E-state index in [-0.39, 0.29) is 11.3 Å². The van der Waals surface area contributed by atoms with Gasteiger partial charge in [0.15, 0.2) is 11.2 Å². The smallest absolute Gasteiger partial charge is 0.224 e. The second-order valence-corrected chi connectivity index (χ2v) is 8.82. The number of nitrogens with one attached hydrogen (secondary N) is 1. The lowest BCUT2D eigenvalue weighted by Gasteiger charge is -2.11. The maximum atomic E-state index is 12.6. The molecule has 0 bridgehead atoms. The van der Waals surface area contributed by atoms with E-state index < -0.39 is 0 Å². The molecule has 7 nitrogen and oxygen atoms in total. The Morgan fingerprint density at radius 1 is 1.13 bits per heavy atom. The van der Waals surface area contributed by atoms with Crippen LogP contribution in [-0.2, 0) is 16.6 Å². The maximum Gasteiger partial charge on any atom is 0.224 e. The minimum absolute atomic E-state index is 0.0515. The summed E-state index contributed by atoms with van der Waals surface area (Å²) < 4.78 is 7.67. The summed E-state index contributed by atoms with van der Waals surface area (Å²) >= 11 is 0. The van der Waals surface area contributed by atoms with E-state index in [0.29, 0.717) is 24.4 Å². The zero-order chi connectivity index (χ0) is 21.6. The minimum Gasteiger partial charge on any atom is -0.440 e. The van der Waals surface area contributed by atoms with E-state index in [0.717, 1.165) is 39.4 Å². The van der Waals surface area contributed by atoms with Gasteiger partial charge in [-0.2, -0.15) is 5.10 Å². The number of benzene rings is 1. The van der Waals surface area contributed by atoms with Crippen molar-refractivity contribution in [2.24, 2.45) is 0 Å². The van der Waals surface area contributed by atoms with Gasteiger partial charge >= 0.3 is 0 Å². The van der Waals surface area contributed by atoms with Crippen molar-refractivity contribution in [2.75, 3.05) is 5.32 Å². The van der Waals surface area contributed by atoms with Gasteiger partial charge in [0.25, 0.3) is 0 Å². The molecule has 0 aliphatic carbocycles. The highest BCUT2D eigenvalue weighted by Crippen LogP contribution is 2.27. The average Bonchev–Trinajstić information content (AvgIpc) is 3.24. The van der Waals surface area contributed by atoms with Gasteiger partial charge in [-0.3, -0.25) is 4.79 Å². The molecule has 30 heavy (non-hydrogen) atoms. The molecule has 4 aromatic rings. The van der Waals surface area contributed by atoms with Gasteiger partial charge in [-0.05, 0) is 51.0 Å². The SMILES string of the molecule is Cc1cc2nc(C)c(CCC(=O)Nc3ccc4oc(C(C)(C)C)nc4c3)c(C)n2n1. The van der Waals surface area contributed by atoms with Crippen molar-refractivity contribution in [3.63, 3.8) is 0 Å². The third-order valence-electron chi connectivity index (χ3n) is 5.20. The number of fused-ring (bicyclic) bond motifs is 2. The van der Waals surface area contributed by atoms with Crippen molar-refractivity contribution >= 4 is 28.3 Å². The number of carbonyl (C=O) groups excluding carboxylic acids is 1. The molecule has 0 saturated carbocycles. The number of oxazole rings is 1. The normalized spacial score (nSPS) is 12.1. The predicted octanol–water partition coefficient (Wildman–Crippen LogP) is 4.66. The molecule has 156 valence electrons. The van der Waals surface area contributed by atoms with Crippen LogP contribution in [0.1, 0.15) is 55.7 Å². The molecule has 0 aliphatic rings. The maximum absolute atomic E-state index is 12.6. The first-order valence-corrected chi connectivity index (χ1v) is 10.2. The molecule has 0 spiro atoms. The number of hydrogen-bond donors (Lipinski definition) is 1. The van der Waals surface area contributed by atoms with Crippen molar-refractivity contribution in [1.29, 1.82) is 0 Å². The van der Waals surface area contributed by atoms with Gasteiger partial charge in [0, 0.05) is 35.0 Å². The Hall–Kier alpha value is -3.22. The Morgan fingerprint density at radius 2 is 1.90 bits per heavy atom. The number of rotatable bonds is 4. The summed E-state index contributed by atoms with van der Waals surface area (Å²) in [5.74, 6) is 0.633. The first-order chi connectivity index (χ1) is 14.1. The van der Waals surface area contributed by atoms with Crippen molar-refractivity contribution in [3.8, 4) is 0 Å². The van der Waals surface area contributed by atoms with Crippen LogP contribution in [0.4, 0.5) is 5.69 Å². The van der Waals surface area contributed by atoms with Crippen LogP contribution in [0.3, 0.4) is 0 Å². The quantitative estimate of drug-likeness (QED) is 0.533. The third kappa shape index (κ3) is 3.79. The van der Waals surface area contributed by atoms with Crippen LogP contribution in [0.15, 0.2) is 28.7 Å². The van der Waals surface area contributed by atoms with Crippen molar-refractivity contribution in [2.45, 2.75) is 59.8 Å². The number of carbonyl (C=O) groups is 1. The van der Waals surface area contributed by atoms with E-state index in [1.165, 1.54) is 0 Å². The lowest BCUT2D eigenvalue weighted by molar-refractivity contribution is -0.116. The number of aryl methyl sites for hydroxylation is 3. The second-order valence-electron chi connectivity index (χ2n) is 8.82. The van der Waals surface area contributed by atoms with Crippen molar-refractivity contribution in [1.82, 2.24) is 19.6 Å². The van der Waals surface area contributed by atoms with Crippen LogP contribution in [0.5, 0.6) is 0 Å². The number of hydrogen-bond acceptors (Lipinski definition) is 5. The minimum atomic E-state index is -0.166. The summed E-state index contributed by atoms with van der Waals surface area (Å²) in [7, 11) is 0. The zero-order valence-corrected chi connectivity index (χ0v) is 18.3. The van der Waals surface area contributed by atoms with Crippen LogP contribution < -0.4 is 5.32 Å². The second kappa shape index (κ2) is 7.23. The Bertz CT molecular complexity index is 1260. The number of anilines is 1. The standard InChI is InChI=1S/C23H27N5O2/c1-13-11-20-24-14(2)17(15(3)28(20)27-13)8-10-21(29)25-16-7-9-19-18(12-16)26-22(30-19)23(4,5)6/h7,9,11-12H,8,10H2,1-6H3,(H,25,29). The Balaban J connectivity index is 1.48. The lowest BCUT2D eigenvalue weighted by Crippen LogP contribution is -2.14. The first kappa shape index (κ1) is 20.1. The Morgan fingerprint density at radius 3 is 2.63 bits per heavy atom. The zero-order valence-electron chi connectivity index (χ0n) is 18.3. The van der Waals surface area contributed by atoms with Crippen LogP contribution in [-0.4, -0.2) is 25.5 Å². The highest BCUT2D eigenvalue weighted by Gasteiger charge is 2.21. The molecule has 0 saturated heterocycles. The van der Waals surface area contributed by atoms with Crippen LogP contribution in [0.2, 0.25) is 0 Å². The molecule has 4 rings (SSSR count). The number of aromatic nitrogens is 4. The van der Waals surface area contributed by atoms with Gasteiger partial charge in [-0.15, -0.1) is 0 Å². The Kier molecular flexibility index (Phi) is 4.84. The average molecular weight is 406 g/mol. The monoisotopic (exact) mass is 405 g/mol. The highest BCUT2D eigenvalue weighted by molar-refractivity contribution is 5.92. The van der Waals surface area contributed by atoms with Crippen molar-refractivity contribution < 1.29 is 9.21 Å². The molecule has 1 amide bonds. The third-order valence-corrected chi connectivity index (χ3v) is 5.20. The molecule has 0 aliphatic heterocycles. The van der Waals surface area contributed by atoms with E-state index >= 15 is 0 Å². The molecular formula is C23H27N5O2. The molecule has 0 radical (unpaired) electrons. The van der Waals surface area contributed by atoms with Gasteiger partial charge in [-0.25, -0.2) is 14.5 Å². The largest absolute Gasteiger partial charge is 0.440 e. The fraction of sp³-hybridized carbons (Fsp3) is 0.391. The number of nitrogens with zero attached hydrogens (tertiary/aromatic N) is 4. The summed E-state index contributed by atoms with van der Waals surface area (Å²) in [5, 5.41) is 7.46. The summed E-state index contributed by atoms with van der Waals surface area (Å²) in [5.41, 5.74) is 6.80. The van der Waals surface area contributed by atoms with Crippen LogP contribution in [0, 0.1) is 20.8 Å². The fourth-order valence-corrected chi connectivity index (χ4v) is 3.59. The van der Waals surface area contributed by atoms with E-state index in [1.54, 1.807) is 0 Å². The fourth-order valence-electron chi connectivity index (χ4n) is 3.59. The van der Waals surface area contributed by atoms with Gasteiger partial charge in [0.1, 0.15) is 5.52 Å². The topological polar surface area (TPSA) is 85.3 Å². The molecule has 0 atom stereocenters. The molecule has 0 fully saturated rings. The lowest BCUT2D eigenvalue weighted by atomic mass is 9.97. The first-order valence-electron chi connectivity index (χ1n) is 10.2. The molecule has 0 unspecified atom stereocenters. The van der Waals surface area contributed by atoms with Gasteiger partial charge in [0.2, 0.25) is 11.8 Å². The highest BCUT2D eigenvalue weighted by atomic mass is 16.3. The summed E-state index contributed by atoms with van der Waals surface area (Å²) in [6.45, 7) is 12.1. The molecule has 3 heterocycles. The molecule has 1 aromatic carbocycles. The molecular weight excluding hydrogens is 378 g/mol. The van der Waals surface area contributed by atoms with Crippen LogP contribution in [0.25, 0.3) is 16.7 Å². The number of amides is 1. The van der Waals surface area contributed by atoms with E-state index in [1.807, 2.05) is 49.6 Å². The van der Waals surface area contributed by atoms with E-state index in [2.05, 4.69) is 41.2 Å². The predicted molar refractivity (Wildman–Crippen MR) is 117 cm³/mol. The van der Waals surface area contributed by atoms with Gasteiger partial charge in [-0.1, -0.05) is 20.8 Å².